The van der Waals surface area contributed by atoms with Crippen molar-refractivity contribution in [2.75, 3.05) is 31.2 Å². The number of hydrogen-bond acceptors (Lipinski definition) is 5. The van der Waals surface area contributed by atoms with Crippen molar-refractivity contribution in [1.29, 1.82) is 0 Å². The second kappa shape index (κ2) is 5.52. The first kappa shape index (κ1) is 13.7. The third kappa shape index (κ3) is 3.89. The highest BCUT2D eigenvalue weighted by Gasteiger charge is 2.18. The first-order chi connectivity index (χ1) is 8.96. The van der Waals surface area contributed by atoms with Crippen LogP contribution in [0.25, 0.3) is 0 Å². The molecule has 1 amide bonds. The van der Waals surface area contributed by atoms with Crippen LogP contribution in [-0.2, 0) is 4.74 Å². The minimum atomic E-state index is -0.276. The zero-order chi connectivity index (χ0) is 13.9. The molecule has 19 heavy (non-hydrogen) atoms. The van der Waals surface area contributed by atoms with Gasteiger partial charge in [-0.2, -0.15) is 0 Å². The van der Waals surface area contributed by atoms with Crippen LogP contribution in [0.1, 0.15) is 31.3 Å². The number of hydrogen-bond donors (Lipinski definition) is 1. The van der Waals surface area contributed by atoms with Crippen LogP contribution < -0.4 is 10.2 Å². The molecule has 0 unspecified atom stereocenters. The van der Waals surface area contributed by atoms with Crippen LogP contribution in [0.15, 0.2) is 12.4 Å². The average molecular weight is 264 g/mol. The van der Waals surface area contributed by atoms with Crippen LogP contribution in [-0.4, -0.2) is 47.7 Å². The molecule has 1 fully saturated rings. The van der Waals surface area contributed by atoms with Crippen molar-refractivity contribution < 1.29 is 9.53 Å². The molecule has 0 spiro atoms. The topological polar surface area (TPSA) is 67.4 Å². The maximum atomic E-state index is 11.9. The van der Waals surface area contributed by atoms with Gasteiger partial charge in [0.05, 0.1) is 25.6 Å². The Bertz CT molecular complexity index is 433. The highest BCUT2D eigenvalue weighted by Crippen LogP contribution is 2.11. The van der Waals surface area contributed by atoms with E-state index in [0.717, 1.165) is 18.9 Å². The number of ether oxygens (including phenoxy) is 1. The van der Waals surface area contributed by atoms with Gasteiger partial charge >= 0.3 is 0 Å². The van der Waals surface area contributed by atoms with Crippen LogP contribution >= 0.6 is 0 Å². The summed E-state index contributed by atoms with van der Waals surface area (Å²) in [5.41, 5.74) is 0.0636. The van der Waals surface area contributed by atoms with E-state index in [1.165, 1.54) is 6.20 Å². The Morgan fingerprint density at radius 1 is 1.26 bits per heavy atom. The van der Waals surface area contributed by atoms with Crippen LogP contribution in [0.2, 0.25) is 0 Å². The fourth-order valence-electron chi connectivity index (χ4n) is 1.80. The third-order valence-corrected chi connectivity index (χ3v) is 2.69. The lowest BCUT2D eigenvalue weighted by Gasteiger charge is -2.27. The standard InChI is InChI=1S/C13H20N4O2/c1-13(2,3)16-12(18)10-8-15-11(9-14-10)17-4-6-19-7-5-17/h8-9H,4-7H2,1-3H3,(H,16,18). The lowest BCUT2D eigenvalue weighted by Crippen LogP contribution is -2.41. The second-order valence-electron chi connectivity index (χ2n) is 5.56. The Morgan fingerprint density at radius 3 is 2.47 bits per heavy atom. The number of morpholine rings is 1. The summed E-state index contributed by atoms with van der Waals surface area (Å²) in [6.07, 6.45) is 3.16. The summed E-state index contributed by atoms with van der Waals surface area (Å²) in [4.78, 5) is 22.5. The fraction of sp³-hybridized carbons (Fsp3) is 0.615. The molecule has 2 rings (SSSR count). The molecule has 1 aromatic rings. The monoisotopic (exact) mass is 264 g/mol. The van der Waals surface area contributed by atoms with Crippen LogP contribution in [0.3, 0.4) is 0 Å². The third-order valence-electron chi connectivity index (χ3n) is 2.69. The first-order valence-electron chi connectivity index (χ1n) is 6.43. The molecule has 0 aromatic carbocycles. The SMILES string of the molecule is CC(C)(C)NC(=O)c1cnc(N2CCOCC2)cn1. The van der Waals surface area contributed by atoms with E-state index >= 15 is 0 Å². The van der Waals surface area contributed by atoms with Gasteiger partial charge in [0.15, 0.2) is 0 Å². The number of carbonyl (C=O) groups excluding carboxylic acids is 1. The number of nitrogens with zero attached hydrogens (tertiary/aromatic N) is 3. The van der Waals surface area contributed by atoms with Gasteiger partial charge in [0.25, 0.3) is 5.91 Å². The molecule has 1 N–H and O–H groups in total. The summed E-state index contributed by atoms with van der Waals surface area (Å²) in [5, 5.41) is 2.86. The van der Waals surface area contributed by atoms with E-state index in [4.69, 9.17) is 4.74 Å². The first-order valence-corrected chi connectivity index (χ1v) is 6.43. The van der Waals surface area contributed by atoms with Gasteiger partial charge in [-0.15, -0.1) is 0 Å². The minimum absolute atomic E-state index is 0.200. The number of anilines is 1. The Balaban J connectivity index is 2.03. The molecule has 0 aliphatic carbocycles. The fourth-order valence-corrected chi connectivity index (χ4v) is 1.80. The lowest BCUT2D eigenvalue weighted by molar-refractivity contribution is 0.0914. The van der Waals surface area contributed by atoms with Crippen molar-refractivity contribution in [3.63, 3.8) is 0 Å². The number of amides is 1. The second-order valence-corrected chi connectivity index (χ2v) is 5.56. The van der Waals surface area contributed by atoms with Crippen LogP contribution in [0.5, 0.6) is 0 Å². The number of nitrogens with one attached hydrogen (secondary N) is 1. The highest BCUT2D eigenvalue weighted by atomic mass is 16.5. The predicted octanol–water partition coefficient (Wildman–Crippen LogP) is 0.841. The smallest absolute Gasteiger partial charge is 0.271 e. The molecule has 1 aromatic heterocycles. The number of carbonyl (C=O) groups is 1. The summed E-state index contributed by atoms with van der Waals surface area (Å²) >= 11 is 0. The zero-order valence-electron chi connectivity index (χ0n) is 11.6. The highest BCUT2D eigenvalue weighted by molar-refractivity contribution is 5.92. The van der Waals surface area contributed by atoms with E-state index in [9.17, 15) is 4.79 Å². The van der Waals surface area contributed by atoms with Gasteiger partial charge in [-0.25, -0.2) is 9.97 Å². The van der Waals surface area contributed by atoms with E-state index in [1.807, 2.05) is 20.8 Å². The summed E-state index contributed by atoms with van der Waals surface area (Å²) in [5.74, 6) is 0.587. The molecule has 6 nitrogen and oxygen atoms in total. The van der Waals surface area contributed by atoms with E-state index in [-0.39, 0.29) is 11.4 Å². The van der Waals surface area contributed by atoms with E-state index in [0.29, 0.717) is 18.9 Å². The van der Waals surface area contributed by atoms with Gasteiger partial charge in [-0.1, -0.05) is 0 Å². The minimum Gasteiger partial charge on any atom is -0.378 e. The Kier molecular flexibility index (Phi) is 3.99. The van der Waals surface area contributed by atoms with Gasteiger partial charge in [0.2, 0.25) is 0 Å². The quantitative estimate of drug-likeness (QED) is 0.857. The van der Waals surface area contributed by atoms with Crippen molar-refractivity contribution in [2.45, 2.75) is 26.3 Å². The van der Waals surface area contributed by atoms with Crippen molar-refractivity contribution in [3.8, 4) is 0 Å². The predicted molar refractivity (Wildman–Crippen MR) is 72.3 cm³/mol. The summed E-state index contributed by atoms with van der Waals surface area (Å²) in [6.45, 7) is 8.81. The largest absolute Gasteiger partial charge is 0.378 e. The molecular formula is C13H20N4O2. The molecule has 1 saturated heterocycles. The number of rotatable bonds is 2. The van der Waals surface area contributed by atoms with Crippen LogP contribution in [0.4, 0.5) is 5.82 Å². The average Bonchev–Trinajstić information content (AvgIpc) is 2.38. The molecule has 2 heterocycles. The van der Waals surface area contributed by atoms with Gasteiger partial charge in [0.1, 0.15) is 11.5 Å². The van der Waals surface area contributed by atoms with Gasteiger partial charge in [-0.05, 0) is 20.8 Å². The van der Waals surface area contributed by atoms with Crippen molar-refractivity contribution in [1.82, 2.24) is 15.3 Å². The molecular weight excluding hydrogens is 244 g/mol. The molecule has 6 heteroatoms. The van der Waals surface area contributed by atoms with E-state index in [1.54, 1.807) is 6.20 Å². The molecule has 1 aliphatic rings. The summed E-state index contributed by atoms with van der Waals surface area (Å²) in [6, 6.07) is 0. The van der Waals surface area contributed by atoms with Crippen molar-refractivity contribution >= 4 is 11.7 Å². The van der Waals surface area contributed by atoms with Crippen LogP contribution in [0, 0.1) is 0 Å². The maximum absolute atomic E-state index is 11.9. The lowest BCUT2D eigenvalue weighted by atomic mass is 10.1. The molecule has 104 valence electrons. The summed E-state index contributed by atoms with van der Waals surface area (Å²) < 4.78 is 5.28. The zero-order valence-corrected chi connectivity index (χ0v) is 11.6. The van der Waals surface area contributed by atoms with Gasteiger partial charge in [-0.3, -0.25) is 4.79 Å². The van der Waals surface area contributed by atoms with Gasteiger partial charge in [0, 0.05) is 18.6 Å². The Hall–Kier alpha value is -1.69. The molecule has 0 bridgehead atoms. The molecule has 0 radical (unpaired) electrons. The van der Waals surface area contributed by atoms with E-state index < -0.39 is 0 Å². The van der Waals surface area contributed by atoms with Crippen molar-refractivity contribution in [3.05, 3.63) is 18.1 Å². The van der Waals surface area contributed by atoms with Crippen molar-refractivity contribution in [2.24, 2.45) is 0 Å². The maximum Gasteiger partial charge on any atom is 0.271 e. The Labute approximate surface area is 113 Å². The van der Waals surface area contributed by atoms with E-state index in [2.05, 4.69) is 20.2 Å². The molecule has 1 aliphatic heterocycles. The number of aromatic nitrogens is 2. The Morgan fingerprint density at radius 2 is 1.95 bits per heavy atom. The molecule has 0 saturated carbocycles. The molecule has 0 atom stereocenters. The summed E-state index contributed by atoms with van der Waals surface area (Å²) in [7, 11) is 0. The normalized spacial score (nSPS) is 16.3. The van der Waals surface area contributed by atoms with Gasteiger partial charge < -0.3 is 15.0 Å².